The highest BCUT2D eigenvalue weighted by molar-refractivity contribution is 7.92. The minimum Gasteiger partial charge on any atom is -0.322 e. The van der Waals surface area contributed by atoms with Crippen molar-refractivity contribution >= 4 is 27.3 Å². The molecule has 0 saturated heterocycles. The average Bonchev–Trinajstić information content (AvgIpc) is 2.82. The number of hydrogen-bond acceptors (Lipinski definition) is 5. The van der Waals surface area contributed by atoms with E-state index in [1.54, 1.807) is 19.1 Å². The normalized spacial score (nSPS) is 11.1. The number of benzene rings is 3. The number of nitrogens with zero attached hydrogens (tertiary/aromatic N) is 2. The van der Waals surface area contributed by atoms with E-state index in [1.165, 1.54) is 36.7 Å². The average molecular weight is 463 g/mol. The maximum absolute atomic E-state index is 13.9. The van der Waals surface area contributed by atoms with Crippen LogP contribution in [0.2, 0.25) is 0 Å². The molecule has 4 aromatic rings. The Morgan fingerprint density at radius 1 is 0.909 bits per heavy atom. The van der Waals surface area contributed by atoms with Gasteiger partial charge in [-0.15, -0.1) is 0 Å². The number of carbonyl (C=O) groups excluding carboxylic acids is 1. The summed E-state index contributed by atoms with van der Waals surface area (Å²) in [6, 6.07) is 19.3. The lowest BCUT2D eigenvalue weighted by molar-refractivity contribution is 0.102. The second-order valence-electron chi connectivity index (χ2n) is 7.18. The molecule has 0 spiro atoms. The van der Waals surface area contributed by atoms with Crippen molar-refractivity contribution in [3.05, 3.63) is 102 Å². The number of carbonyl (C=O) groups is 1. The van der Waals surface area contributed by atoms with E-state index in [4.69, 9.17) is 0 Å². The van der Waals surface area contributed by atoms with E-state index in [1.807, 2.05) is 30.3 Å². The van der Waals surface area contributed by atoms with Crippen molar-refractivity contribution in [2.75, 3.05) is 10.0 Å². The Bertz CT molecular complexity index is 1410. The first-order chi connectivity index (χ1) is 15.8. The number of aryl methyl sites for hydroxylation is 1. The Morgan fingerprint density at radius 2 is 1.58 bits per heavy atom. The number of halogens is 1. The molecule has 0 aliphatic heterocycles. The lowest BCUT2D eigenvalue weighted by Crippen LogP contribution is -2.17. The zero-order valence-electron chi connectivity index (χ0n) is 17.5. The summed E-state index contributed by atoms with van der Waals surface area (Å²) in [5, 5.41) is 2.65. The van der Waals surface area contributed by atoms with E-state index in [2.05, 4.69) is 20.0 Å². The summed E-state index contributed by atoms with van der Waals surface area (Å²) in [6.45, 7) is 1.61. The van der Waals surface area contributed by atoms with Crippen molar-refractivity contribution < 1.29 is 17.6 Å². The predicted molar refractivity (Wildman–Crippen MR) is 124 cm³/mol. The van der Waals surface area contributed by atoms with Crippen LogP contribution in [-0.4, -0.2) is 24.3 Å². The van der Waals surface area contributed by atoms with Crippen LogP contribution < -0.4 is 10.0 Å². The molecule has 1 heterocycles. The molecule has 3 aromatic carbocycles. The maximum atomic E-state index is 13.9. The largest absolute Gasteiger partial charge is 0.322 e. The van der Waals surface area contributed by atoms with E-state index >= 15 is 0 Å². The van der Waals surface area contributed by atoms with Gasteiger partial charge in [0, 0.05) is 23.6 Å². The Labute approximate surface area is 190 Å². The van der Waals surface area contributed by atoms with Crippen LogP contribution in [0.1, 0.15) is 15.9 Å². The molecule has 1 amide bonds. The lowest BCUT2D eigenvalue weighted by atomic mass is 10.2. The second-order valence-corrected chi connectivity index (χ2v) is 8.83. The molecule has 0 radical (unpaired) electrons. The van der Waals surface area contributed by atoms with Gasteiger partial charge in [0.25, 0.3) is 15.9 Å². The second kappa shape index (κ2) is 9.17. The summed E-state index contributed by atoms with van der Waals surface area (Å²) < 4.78 is 41.8. The van der Waals surface area contributed by atoms with E-state index in [0.717, 1.165) is 11.6 Å². The SMILES string of the molecule is Cc1ccc(NC(=O)c2cnc(-c3ccccc3)nc2)cc1S(=O)(=O)Nc1ccccc1F. The van der Waals surface area contributed by atoms with Crippen molar-refractivity contribution in [2.45, 2.75) is 11.8 Å². The number of sulfonamides is 1. The van der Waals surface area contributed by atoms with Gasteiger partial charge in [0.15, 0.2) is 5.82 Å². The molecule has 9 heteroatoms. The van der Waals surface area contributed by atoms with Crippen LogP contribution in [0.15, 0.2) is 90.1 Å². The number of aromatic nitrogens is 2. The Balaban J connectivity index is 1.54. The van der Waals surface area contributed by atoms with Crippen LogP contribution in [0.25, 0.3) is 11.4 Å². The number of para-hydroxylation sites is 1. The lowest BCUT2D eigenvalue weighted by Gasteiger charge is -2.13. The third-order valence-electron chi connectivity index (χ3n) is 4.80. The molecule has 0 bridgehead atoms. The van der Waals surface area contributed by atoms with Crippen molar-refractivity contribution in [2.24, 2.45) is 0 Å². The van der Waals surface area contributed by atoms with Gasteiger partial charge >= 0.3 is 0 Å². The monoisotopic (exact) mass is 462 g/mol. The maximum Gasteiger partial charge on any atom is 0.262 e. The molecule has 4 rings (SSSR count). The van der Waals surface area contributed by atoms with Gasteiger partial charge in [-0.2, -0.15) is 0 Å². The minimum atomic E-state index is -4.09. The summed E-state index contributed by atoms with van der Waals surface area (Å²) in [6.07, 6.45) is 2.80. The zero-order chi connectivity index (χ0) is 23.4. The first-order valence-electron chi connectivity index (χ1n) is 9.90. The standard InChI is InChI=1S/C24H19FN4O3S/c1-16-11-12-19(13-22(16)33(31,32)29-21-10-6-5-9-20(21)25)28-24(30)18-14-26-23(27-15-18)17-7-3-2-4-8-17/h2-15,29H,1H3,(H,28,30). The molecule has 0 fully saturated rings. The third-order valence-corrected chi connectivity index (χ3v) is 6.31. The van der Waals surface area contributed by atoms with Crippen LogP contribution in [0.3, 0.4) is 0 Å². The van der Waals surface area contributed by atoms with Gasteiger partial charge in [-0.25, -0.2) is 22.8 Å². The Hall–Kier alpha value is -4.11. The van der Waals surface area contributed by atoms with Gasteiger partial charge in [-0.1, -0.05) is 48.5 Å². The summed E-state index contributed by atoms with van der Waals surface area (Å²) in [4.78, 5) is 21.0. The molecule has 0 atom stereocenters. The molecule has 1 aromatic heterocycles. The van der Waals surface area contributed by atoms with Crippen LogP contribution >= 0.6 is 0 Å². The molecule has 2 N–H and O–H groups in total. The number of rotatable bonds is 6. The smallest absolute Gasteiger partial charge is 0.262 e. The van der Waals surface area contributed by atoms with E-state index in [9.17, 15) is 17.6 Å². The van der Waals surface area contributed by atoms with Crippen molar-refractivity contribution in [1.82, 2.24) is 9.97 Å². The molecule has 7 nitrogen and oxygen atoms in total. The molecule has 33 heavy (non-hydrogen) atoms. The quantitative estimate of drug-likeness (QED) is 0.435. The van der Waals surface area contributed by atoms with E-state index in [-0.39, 0.29) is 21.8 Å². The molecule has 166 valence electrons. The van der Waals surface area contributed by atoms with E-state index < -0.39 is 21.7 Å². The molecule has 0 unspecified atom stereocenters. The topological polar surface area (TPSA) is 101 Å². The van der Waals surface area contributed by atoms with Gasteiger partial charge in [-0.05, 0) is 36.8 Å². The summed E-state index contributed by atoms with van der Waals surface area (Å²) in [7, 11) is -4.09. The van der Waals surface area contributed by atoms with E-state index in [0.29, 0.717) is 11.4 Å². The first-order valence-corrected chi connectivity index (χ1v) is 11.4. The predicted octanol–water partition coefficient (Wildman–Crippen LogP) is 4.64. The highest BCUT2D eigenvalue weighted by Gasteiger charge is 2.20. The molecular formula is C24H19FN4O3S. The highest BCUT2D eigenvalue weighted by atomic mass is 32.2. The number of anilines is 2. The van der Waals surface area contributed by atoms with Gasteiger partial charge in [0.1, 0.15) is 5.82 Å². The summed E-state index contributed by atoms with van der Waals surface area (Å²) in [5.74, 6) is -0.707. The molecule has 0 saturated carbocycles. The fraction of sp³-hybridized carbons (Fsp3) is 0.0417. The van der Waals surface area contributed by atoms with Crippen LogP contribution in [0.4, 0.5) is 15.8 Å². The Morgan fingerprint density at radius 3 is 2.27 bits per heavy atom. The molecule has 0 aliphatic carbocycles. The van der Waals surface area contributed by atoms with Gasteiger partial charge in [0.05, 0.1) is 16.1 Å². The van der Waals surface area contributed by atoms with Gasteiger partial charge in [0.2, 0.25) is 0 Å². The number of hydrogen-bond donors (Lipinski definition) is 2. The third kappa shape index (κ3) is 5.04. The molecule has 0 aliphatic rings. The minimum absolute atomic E-state index is 0.0840. The zero-order valence-corrected chi connectivity index (χ0v) is 18.3. The highest BCUT2D eigenvalue weighted by Crippen LogP contribution is 2.24. The summed E-state index contributed by atoms with van der Waals surface area (Å²) in [5.41, 5.74) is 1.56. The van der Waals surface area contributed by atoms with Crippen molar-refractivity contribution in [3.63, 3.8) is 0 Å². The van der Waals surface area contributed by atoms with Gasteiger partial charge in [-0.3, -0.25) is 9.52 Å². The number of nitrogens with one attached hydrogen (secondary N) is 2. The van der Waals surface area contributed by atoms with Crippen LogP contribution in [0.5, 0.6) is 0 Å². The number of amides is 1. The van der Waals surface area contributed by atoms with Crippen molar-refractivity contribution in [1.29, 1.82) is 0 Å². The fourth-order valence-corrected chi connectivity index (χ4v) is 4.43. The first kappa shape index (κ1) is 22.1. The summed E-state index contributed by atoms with van der Waals surface area (Å²) >= 11 is 0. The van der Waals surface area contributed by atoms with Crippen LogP contribution in [0, 0.1) is 12.7 Å². The molecular weight excluding hydrogens is 443 g/mol. The van der Waals surface area contributed by atoms with Crippen molar-refractivity contribution in [3.8, 4) is 11.4 Å². The fourth-order valence-electron chi connectivity index (χ4n) is 3.10. The van der Waals surface area contributed by atoms with Crippen LogP contribution in [-0.2, 0) is 10.0 Å². The Kier molecular flexibility index (Phi) is 6.14. The van der Waals surface area contributed by atoms with Gasteiger partial charge < -0.3 is 5.32 Å².